The van der Waals surface area contributed by atoms with Gasteiger partial charge in [-0.1, -0.05) is 17.1 Å². The molecule has 4 heterocycles. The third-order valence-electron chi connectivity index (χ3n) is 8.17. The van der Waals surface area contributed by atoms with Crippen molar-refractivity contribution < 1.29 is 19.2 Å². The van der Waals surface area contributed by atoms with Crippen LogP contribution in [-0.4, -0.2) is 69.7 Å². The summed E-state index contributed by atoms with van der Waals surface area (Å²) in [5.41, 5.74) is 7.31. The first-order valence-corrected chi connectivity index (χ1v) is 13.9. The lowest BCUT2D eigenvalue weighted by molar-refractivity contribution is -0.138. The molecule has 4 amide bonds. The van der Waals surface area contributed by atoms with Gasteiger partial charge in [-0.15, -0.1) is 5.10 Å². The minimum absolute atomic E-state index is 0.122. The second kappa shape index (κ2) is 11.1. The van der Waals surface area contributed by atoms with Gasteiger partial charge in [-0.25, -0.2) is 0 Å². The molecule has 3 aliphatic heterocycles. The fourth-order valence-corrected chi connectivity index (χ4v) is 5.61. The maximum atomic E-state index is 13.2. The molecule has 12 nitrogen and oxygen atoms in total. The Morgan fingerprint density at radius 3 is 2.40 bits per heavy atom. The van der Waals surface area contributed by atoms with Crippen molar-refractivity contribution in [3.63, 3.8) is 0 Å². The molecule has 0 spiro atoms. The van der Waals surface area contributed by atoms with Crippen LogP contribution in [0.4, 0.5) is 5.69 Å². The Balaban J connectivity index is 1.05. The SMILES string of the molecule is NC(=O)c1ccc(C#CC2CCN(C(=O)C3CN(c4ccc5nnn(C6CCC(=O)NC6=O)c(=O)c5c4)C3)CC2)cc1. The smallest absolute Gasteiger partial charge is 0.278 e. The molecule has 2 aromatic carbocycles. The number of likely N-dealkylation sites (tertiary alicyclic amines) is 1. The van der Waals surface area contributed by atoms with Gasteiger partial charge < -0.3 is 15.5 Å². The minimum Gasteiger partial charge on any atom is -0.370 e. The van der Waals surface area contributed by atoms with Gasteiger partial charge in [-0.2, -0.15) is 4.68 Å². The number of amides is 4. The van der Waals surface area contributed by atoms with E-state index < -0.39 is 23.4 Å². The number of imide groups is 1. The summed E-state index contributed by atoms with van der Waals surface area (Å²) in [7, 11) is 0. The summed E-state index contributed by atoms with van der Waals surface area (Å²) in [5, 5.41) is 10.6. The van der Waals surface area contributed by atoms with Gasteiger partial charge in [0.1, 0.15) is 11.6 Å². The van der Waals surface area contributed by atoms with E-state index in [2.05, 4.69) is 27.5 Å². The molecule has 6 rings (SSSR count). The van der Waals surface area contributed by atoms with Crippen molar-refractivity contribution in [3.05, 3.63) is 63.9 Å². The maximum absolute atomic E-state index is 13.2. The van der Waals surface area contributed by atoms with Gasteiger partial charge in [0.2, 0.25) is 17.7 Å². The van der Waals surface area contributed by atoms with Crippen molar-refractivity contribution in [1.29, 1.82) is 0 Å². The van der Waals surface area contributed by atoms with Crippen LogP contribution in [0.3, 0.4) is 0 Å². The van der Waals surface area contributed by atoms with E-state index in [0.717, 1.165) is 28.8 Å². The number of benzene rings is 2. The molecular formula is C30H29N7O5. The Kier molecular flexibility index (Phi) is 7.16. The van der Waals surface area contributed by atoms with Gasteiger partial charge in [0, 0.05) is 55.3 Å². The Morgan fingerprint density at radius 2 is 1.71 bits per heavy atom. The average molecular weight is 568 g/mol. The number of rotatable bonds is 4. The standard InChI is InChI=1S/C30H29N7O5/c31-27(39)20-5-3-18(4-6-20)1-2-19-11-13-35(14-12-19)29(41)21-16-36(17-21)22-7-8-24-23(15-22)30(42)37(34-33-24)25-9-10-26(38)32-28(25)40/h3-8,15,19,21,25H,9-14,16-17H2,(H2,31,39)(H,32,38,40). The van der Waals surface area contributed by atoms with E-state index >= 15 is 0 Å². The number of fused-ring (bicyclic) bond motifs is 1. The molecule has 3 fully saturated rings. The molecule has 0 aliphatic carbocycles. The van der Waals surface area contributed by atoms with Crippen molar-refractivity contribution in [2.24, 2.45) is 17.6 Å². The van der Waals surface area contributed by atoms with Crippen LogP contribution in [0.1, 0.15) is 47.6 Å². The zero-order valence-electron chi connectivity index (χ0n) is 22.8. The molecule has 0 radical (unpaired) electrons. The molecule has 3 aliphatic rings. The largest absolute Gasteiger partial charge is 0.370 e. The number of carbonyl (C=O) groups excluding carboxylic acids is 4. The van der Waals surface area contributed by atoms with E-state index in [1.54, 1.807) is 36.4 Å². The van der Waals surface area contributed by atoms with E-state index in [1.165, 1.54) is 0 Å². The van der Waals surface area contributed by atoms with Gasteiger partial charge in [0.15, 0.2) is 0 Å². The molecule has 1 unspecified atom stereocenters. The van der Waals surface area contributed by atoms with Crippen LogP contribution in [0.15, 0.2) is 47.3 Å². The number of nitrogens with zero attached hydrogens (tertiary/aromatic N) is 5. The Bertz CT molecular complexity index is 1710. The van der Waals surface area contributed by atoms with Gasteiger partial charge in [-0.05, 0) is 61.7 Å². The highest BCUT2D eigenvalue weighted by molar-refractivity contribution is 5.99. The van der Waals surface area contributed by atoms with Crippen LogP contribution in [0, 0.1) is 23.7 Å². The third kappa shape index (κ3) is 5.33. The Morgan fingerprint density at radius 1 is 0.976 bits per heavy atom. The van der Waals surface area contributed by atoms with Crippen LogP contribution >= 0.6 is 0 Å². The average Bonchev–Trinajstić information content (AvgIpc) is 2.96. The molecular weight excluding hydrogens is 538 g/mol. The predicted octanol–water partition coefficient (Wildman–Crippen LogP) is 0.595. The van der Waals surface area contributed by atoms with Crippen LogP contribution in [0.5, 0.6) is 0 Å². The minimum atomic E-state index is -0.883. The van der Waals surface area contributed by atoms with E-state index in [1.807, 2.05) is 15.9 Å². The number of carbonyl (C=O) groups is 4. The van der Waals surface area contributed by atoms with E-state index in [4.69, 9.17) is 5.73 Å². The summed E-state index contributed by atoms with van der Waals surface area (Å²) in [5.74, 6) is 5.26. The molecule has 3 aromatic rings. The highest BCUT2D eigenvalue weighted by Gasteiger charge is 2.37. The first-order chi connectivity index (χ1) is 20.3. The number of anilines is 1. The molecule has 3 N–H and O–H groups in total. The normalized spacial score (nSPS) is 19.6. The number of aromatic nitrogens is 3. The monoisotopic (exact) mass is 567 g/mol. The van der Waals surface area contributed by atoms with Crippen LogP contribution in [0.2, 0.25) is 0 Å². The number of hydrogen-bond acceptors (Lipinski definition) is 8. The first-order valence-electron chi connectivity index (χ1n) is 13.9. The first kappa shape index (κ1) is 27.1. The number of primary amides is 1. The van der Waals surface area contributed by atoms with Gasteiger partial charge in [0.25, 0.3) is 11.5 Å². The van der Waals surface area contributed by atoms with E-state index in [9.17, 15) is 24.0 Å². The number of nitrogens with one attached hydrogen (secondary N) is 1. The second-order valence-electron chi connectivity index (χ2n) is 10.9. The highest BCUT2D eigenvalue weighted by atomic mass is 16.2. The number of piperidine rings is 2. The Labute approximate surface area is 240 Å². The van der Waals surface area contributed by atoms with Crippen molar-refractivity contribution in [3.8, 4) is 11.8 Å². The topological polar surface area (TPSA) is 161 Å². The lowest BCUT2D eigenvalue weighted by atomic mass is 9.93. The van der Waals surface area contributed by atoms with Crippen molar-refractivity contribution >= 4 is 40.2 Å². The third-order valence-corrected chi connectivity index (χ3v) is 8.17. The number of nitrogens with two attached hydrogens (primary N) is 1. The van der Waals surface area contributed by atoms with Crippen LogP contribution < -0.4 is 21.5 Å². The van der Waals surface area contributed by atoms with Crippen LogP contribution in [0.25, 0.3) is 10.9 Å². The van der Waals surface area contributed by atoms with Gasteiger partial charge >= 0.3 is 0 Å². The summed E-state index contributed by atoms with van der Waals surface area (Å²) in [6.45, 7) is 2.41. The molecule has 12 heteroatoms. The van der Waals surface area contributed by atoms with E-state index in [-0.39, 0.29) is 36.5 Å². The molecule has 0 bridgehead atoms. The summed E-state index contributed by atoms with van der Waals surface area (Å²) in [6, 6.07) is 11.3. The van der Waals surface area contributed by atoms with Crippen molar-refractivity contribution in [2.75, 3.05) is 31.1 Å². The zero-order chi connectivity index (χ0) is 29.4. The van der Waals surface area contributed by atoms with Gasteiger partial charge in [-0.3, -0.25) is 29.3 Å². The molecule has 214 valence electrons. The fraction of sp³-hybridized carbons (Fsp3) is 0.367. The summed E-state index contributed by atoms with van der Waals surface area (Å²) >= 11 is 0. The highest BCUT2D eigenvalue weighted by Crippen LogP contribution is 2.29. The maximum Gasteiger partial charge on any atom is 0.278 e. The lowest BCUT2D eigenvalue weighted by Gasteiger charge is -2.43. The summed E-state index contributed by atoms with van der Waals surface area (Å²) in [4.78, 5) is 65.3. The zero-order valence-corrected chi connectivity index (χ0v) is 22.8. The molecule has 1 aromatic heterocycles. The van der Waals surface area contributed by atoms with Crippen molar-refractivity contribution in [2.45, 2.75) is 31.7 Å². The summed E-state index contributed by atoms with van der Waals surface area (Å²) in [6.07, 6.45) is 1.93. The molecule has 3 saturated heterocycles. The number of hydrogen-bond donors (Lipinski definition) is 2. The quantitative estimate of drug-likeness (QED) is 0.342. The summed E-state index contributed by atoms with van der Waals surface area (Å²) < 4.78 is 1.05. The molecule has 0 saturated carbocycles. The molecule has 1 atom stereocenters. The van der Waals surface area contributed by atoms with Crippen LogP contribution in [-0.2, 0) is 14.4 Å². The Hall–Kier alpha value is -5.05. The second-order valence-corrected chi connectivity index (χ2v) is 10.9. The van der Waals surface area contributed by atoms with Crippen molar-refractivity contribution in [1.82, 2.24) is 25.2 Å². The van der Waals surface area contributed by atoms with Gasteiger partial charge in [0.05, 0.1) is 11.3 Å². The van der Waals surface area contributed by atoms with E-state index in [0.29, 0.717) is 42.6 Å². The molecule has 42 heavy (non-hydrogen) atoms. The fourth-order valence-electron chi connectivity index (χ4n) is 5.61. The lowest BCUT2D eigenvalue weighted by Crippen LogP contribution is -2.55. The predicted molar refractivity (Wildman–Crippen MR) is 152 cm³/mol.